The van der Waals surface area contributed by atoms with Crippen LogP contribution in [0.4, 0.5) is 0 Å². The molecule has 134 valence electrons. The number of aryl methyl sites for hydroxylation is 1. The molecule has 0 radical (unpaired) electrons. The molecule has 0 aliphatic rings. The van der Waals surface area contributed by atoms with Crippen molar-refractivity contribution in [3.05, 3.63) is 53.6 Å². The number of hydrogen-bond acceptors (Lipinski definition) is 6. The van der Waals surface area contributed by atoms with Crippen LogP contribution in [0.3, 0.4) is 0 Å². The summed E-state index contributed by atoms with van der Waals surface area (Å²) in [5.74, 6) is 1.42. The first-order valence-electron chi connectivity index (χ1n) is 8.27. The fourth-order valence-corrected chi connectivity index (χ4v) is 2.54. The summed E-state index contributed by atoms with van der Waals surface area (Å²) in [4.78, 5) is 13.8. The van der Waals surface area contributed by atoms with E-state index in [2.05, 4.69) is 22.3 Å². The van der Waals surface area contributed by atoms with Crippen LogP contribution in [0.5, 0.6) is 11.5 Å². The van der Waals surface area contributed by atoms with Gasteiger partial charge in [0.15, 0.2) is 17.3 Å². The Balaban J connectivity index is 1.75. The van der Waals surface area contributed by atoms with Gasteiger partial charge in [-0.1, -0.05) is 31.2 Å². The lowest BCUT2D eigenvalue weighted by Gasteiger charge is -2.08. The van der Waals surface area contributed by atoms with Gasteiger partial charge in [-0.25, -0.2) is 0 Å². The van der Waals surface area contributed by atoms with E-state index in [1.807, 2.05) is 24.3 Å². The molecule has 0 amide bonds. The average molecular weight is 352 g/mol. The minimum Gasteiger partial charge on any atom is -0.493 e. The normalized spacial score (nSPS) is 10.6. The van der Waals surface area contributed by atoms with Crippen molar-refractivity contribution in [2.75, 3.05) is 14.2 Å². The SMILES string of the molecule is CCc1ccc(-c2nnn(CC(=O)c3ccc(OC)c(OC)c3)n2)cc1. The van der Waals surface area contributed by atoms with E-state index in [4.69, 9.17) is 9.47 Å². The topological polar surface area (TPSA) is 79.1 Å². The first kappa shape index (κ1) is 17.6. The molecule has 7 heteroatoms. The van der Waals surface area contributed by atoms with E-state index in [9.17, 15) is 4.79 Å². The number of carbonyl (C=O) groups excluding carboxylic acids is 1. The van der Waals surface area contributed by atoms with E-state index in [1.54, 1.807) is 25.3 Å². The molecule has 7 nitrogen and oxygen atoms in total. The minimum atomic E-state index is -0.142. The Labute approximate surface area is 151 Å². The number of carbonyl (C=O) groups is 1. The zero-order chi connectivity index (χ0) is 18.5. The molecule has 0 aliphatic carbocycles. The average Bonchev–Trinajstić information content (AvgIpc) is 3.15. The van der Waals surface area contributed by atoms with Gasteiger partial charge in [0.05, 0.1) is 14.2 Å². The highest BCUT2D eigenvalue weighted by molar-refractivity contribution is 5.96. The molecule has 3 aromatic rings. The molecule has 0 aliphatic heterocycles. The van der Waals surface area contributed by atoms with Crippen molar-refractivity contribution in [1.82, 2.24) is 20.2 Å². The first-order valence-corrected chi connectivity index (χ1v) is 8.27. The third-order valence-corrected chi connectivity index (χ3v) is 4.06. The third kappa shape index (κ3) is 3.72. The number of ketones is 1. The molecule has 0 atom stereocenters. The van der Waals surface area contributed by atoms with E-state index in [0.29, 0.717) is 22.9 Å². The van der Waals surface area contributed by atoms with E-state index < -0.39 is 0 Å². The van der Waals surface area contributed by atoms with Crippen molar-refractivity contribution in [3.8, 4) is 22.9 Å². The van der Waals surface area contributed by atoms with Crippen molar-refractivity contribution in [2.45, 2.75) is 19.9 Å². The molecule has 3 rings (SSSR count). The van der Waals surface area contributed by atoms with Gasteiger partial charge in [-0.2, -0.15) is 4.80 Å². The Morgan fingerprint density at radius 3 is 2.42 bits per heavy atom. The van der Waals surface area contributed by atoms with E-state index in [1.165, 1.54) is 17.5 Å². The summed E-state index contributed by atoms with van der Waals surface area (Å²) < 4.78 is 10.4. The van der Waals surface area contributed by atoms with Crippen LogP contribution in [0.2, 0.25) is 0 Å². The maximum atomic E-state index is 12.5. The molecule has 26 heavy (non-hydrogen) atoms. The maximum Gasteiger partial charge on any atom is 0.204 e. The summed E-state index contributed by atoms with van der Waals surface area (Å²) >= 11 is 0. The largest absolute Gasteiger partial charge is 0.493 e. The van der Waals surface area contributed by atoms with Crippen molar-refractivity contribution >= 4 is 5.78 Å². The zero-order valence-electron chi connectivity index (χ0n) is 15.0. The summed E-state index contributed by atoms with van der Waals surface area (Å²) in [7, 11) is 3.08. The number of hydrogen-bond donors (Lipinski definition) is 0. The van der Waals surface area contributed by atoms with Gasteiger partial charge in [0.1, 0.15) is 6.54 Å². The first-order chi connectivity index (χ1) is 12.6. The molecule has 0 spiro atoms. The smallest absolute Gasteiger partial charge is 0.204 e. The number of tetrazole rings is 1. The number of nitrogens with zero attached hydrogens (tertiary/aromatic N) is 4. The Morgan fingerprint density at radius 1 is 1.04 bits per heavy atom. The van der Waals surface area contributed by atoms with Crippen molar-refractivity contribution in [2.24, 2.45) is 0 Å². The molecule has 0 saturated heterocycles. The number of aromatic nitrogens is 4. The maximum absolute atomic E-state index is 12.5. The third-order valence-electron chi connectivity index (χ3n) is 4.06. The van der Waals surface area contributed by atoms with Gasteiger partial charge in [-0.05, 0) is 35.4 Å². The molecular weight excluding hydrogens is 332 g/mol. The lowest BCUT2D eigenvalue weighted by atomic mass is 10.1. The van der Waals surface area contributed by atoms with Gasteiger partial charge in [0, 0.05) is 11.1 Å². The van der Waals surface area contributed by atoms with Gasteiger partial charge in [-0.3, -0.25) is 4.79 Å². The second-order valence-electron chi connectivity index (χ2n) is 5.69. The number of benzene rings is 2. The summed E-state index contributed by atoms with van der Waals surface area (Å²) in [6, 6.07) is 13.0. The van der Waals surface area contributed by atoms with Crippen LogP contribution in [0.25, 0.3) is 11.4 Å². The van der Waals surface area contributed by atoms with E-state index >= 15 is 0 Å². The van der Waals surface area contributed by atoms with Crippen LogP contribution in [-0.4, -0.2) is 40.2 Å². The summed E-state index contributed by atoms with van der Waals surface area (Å²) in [5, 5.41) is 12.3. The quantitative estimate of drug-likeness (QED) is 0.608. The summed E-state index contributed by atoms with van der Waals surface area (Å²) in [5.41, 5.74) is 2.60. The molecule has 0 saturated carbocycles. The molecule has 0 fully saturated rings. The lowest BCUT2D eigenvalue weighted by molar-refractivity contribution is 0.0961. The van der Waals surface area contributed by atoms with Gasteiger partial charge in [0.2, 0.25) is 5.82 Å². The van der Waals surface area contributed by atoms with Gasteiger partial charge < -0.3 is 9.47 Å². The van der Waals surface area contributed by atoms with E-state index in [0.717, 1.165) is 12.0 Å². The molecule has 0 bridgehead atoms. The van der Waals surface area contributed by atoms with Crippen LogP contribution < -0.4 is 9.47 Å². The van der Waals surface area contributed by atoms with Gasteiger partial charge >= 0.3 is 0 Å². The van der Waals surface area contributed by atoms with Crippen LogP contribution in [0.15, 0.2) is 42.5 Å². The fraction of sp³-hybridized carbons (Fsp3) is 0.263. The highest BCUT2D eigenvalue weighted by Gasteiger charge is 2.14. The van der Waals surface area contributed by atoms with Crippen molar-refractivity contribution in [1.29, 1.82) is 0 Å². The molecule has 1 aromatic heterocycles. The Hall–Kier alpha value is -3.22. The second kappa shape index (κ2) is 7.77. The Bertz CT molecular complexity index is 903. The van der Waals surface area contributed by atoms with Crippen LogP contribution >= 0.6 is 0 Å². The highest BCUT2D eigenvalue weighted by atomic mass is 16.5. The minimum absolute atomic E-state index is 0.00444. The molecular formula is C19H20N4O3. The summed E-state index contributed by atoms with van der Waals surface area (Å²) in [6.07, 6.45) is 0.972. The summed E-state index contributed by atoms with van der Waals surface area (Å²) in [6.45, 7) is 2.10. The van der Waals surface area contributed by atoms with Crippen molar-refractivity contribution < 1.29 is 14.3 Å². The Kier molecular flexibility index (Phi) is 5.26. The molecule has 0 unspecified atom stereocenters. The number of ether oxygens (including phenoxy) is 2. The highest BCUT2D eigenvalue weighted by Crippen LogP contribution is 2.27. The van der Waals surface area contributed by atoms with Crippen molar-refractivity contribution in [3.63, 3.8) is 0 Å². The van der Waals surface area contributed by atoms with Gasteiger partial charge in [0.25, 0.3) is 0 Å². The monoisotopic (exact) mass is 352 g/mol. The predicted octanol–water partition coefficient (Wildman–Crippen LogP) is 2.80. The predicted molar refractivity (Wildman–Crippen MR) is 96.5 cm³/mol. The molecule has 1 heterocycles. The number of methoxy groups -OCH3 is 2. The number of Topliss-reactive ketones (excluding diaryl/α,β-unsaturated/α-hetero) is 1. The van der Waals surface area contributed by atoms with Gasteiger partial charge in [-0.15, -0.1) is 10.2 Å². The fourth-order valence-electron chi connectivity index (χ4n) is 2.54. The standard InChI is InChI=1S/C19H20N4O3/c1-4-13-5-7-14(8-6-13)19-20-22-23(21-19)12-16(24)15-9-10-17(25-2)18(11-15)26-3/h5-11H,4,12H2,1-3H3. The van der Waals surface area contributed by atoms with Crippen LogP contribution in [0, 0.1) is 0 Å². The van der Waals surface area contributed by atoms with Crippen LogP contribution in [0.1, 0.15) is 22.8 Å². The molecule has 2 aromatic carbocycles. The van der Waals surface area contributed by atoms with Crippen LogP contribution in [-0.2, 0) is 13.0 Å². The molecule has 0 N–H and O–H groups in total. The lowest BCUT2D eigenvalue weighted by Crippen LogP contribution is -2.13. The Morgan fingerprint density at radius 2 is 1.77 bits per heavy atom. The van der Waals surface area contributed by atoms with E-state index in [-0.39, 0.29) is 12.3 Å². The number of rotatable bonds is 7. The second-order valence-corrected chi connectivity index (χ2v) is 5.69. The zero-order valence-corrected chi connectivity index (χ0v) is 15.0.